The summed E-state index contributed by atoms with van der Waals surface area (Å²) in [5.41, 5.74) is 0.175. The van der Waals surface area contributed by atoms with E-state index in [9.17, 15) is 22.8 Å². The van der Waals surface area contributed by atoms with Crippen LogP contribution in [0, 0.1) is 5.92 Å². The Kier molecular flexibility index (Phi) is 9.85. The van der Waals surface area contributed by atoms with Crippen molar-refractivity contribution in [3.8, 4) is 0 Å². The van der Waals surface area contributed by atoms with Gasteiger partial charge in [-0.2, -0.15) is 4.31 Å². The molecule has 1 atom stereocenters. The van der Waals surface area contributed by atoms with Crippen LogP contribution in [-0.2, 0) is 19.6 Å². The minimum absolute atomic E-state index is 0.0425. The molecule has 1 saturated heterocycles. The van der Waals surface area contributed by atoms with Crippen molar-refractivity contribution in [2.24, 2.45) is 5.92 Å². The highest BCUT2D eigenvalue weighted by atomic mass is 32.2. The summed E-state index contributed by atoms with van der Waals surface area (Å²) in [5, 5.41) is 5.56. The molecular formula is C23H36N4O5S. The van der Waals surface area contributed by atoms with E-state index in [4.69, 9.17) is 0 Å². The van der Waals surface area contributed by atoms with Gasteiger partial charge in [0, 0.05) is 44.7 Å². The molecule has 1 aromatic rings. The first-order valence-corrected chi connectivity index (χ1v) is 13.0. The van der Waals surface area contributed by atoms with E-state index in [1.807, 2.05) is 13.8 Å². The summed E-state index contributed by atoms with van der Waals surface area (Å²) in [5.74, 6) is -0.836. The van der Waals surface area contributed by atoms with Gasteiger partial charge in [-0.1, -0.05) is 33.8 Å². The monoisotopic (exact) mass is 480 g/mol. The Bertz CT molecular complexity index is 944. The molecule has 3 amide bonds. The van der Waals surface area contributed by atoms with E-state index in [1.54, 1.807) is 18.7 Å². The van der Waals surface area contributed by atoms with Crippen molar-refractivity contribution in [3.05, 3.63) is 29.8 Å². The van der Waals surface area contributed by atoms with Gasteiger partial charge in [0.05, 0.1) is 4.90 Å². The van der Waals surface area contributed by atoms with Crippen molar-refractivity contribution >= 4 is 27.7 Å². The topological polar surface area (TPSA) is 116 Å². The molecule has 1 fully saturated rings. The summed E-state index contributed by atoms with van der Waals surface area (Å²) < 4.78 is 26.9. The maximum Gasteiger partial charge on any atom is 0.251 e. The van der Waals surface area contributed by atoms with Gasteiger partial charge in [0.25, 0.3) is 5.91 Å². The minimum atomic E-state index is -3.70. The lowest BCUT2D eigenvalue weighted by atomic mass is 10.0. The van der Waals surface area contributed by atoms with Crippen LogP contribution in [-0.4, -0.2) is 74.1 Å². The Morgan fingerprint density at radius 3 is 2.45 bits per heavy atom. The molecule has 0 aliphatic carbocycles. The summed E-state index contributed by atoms with van der Waals surface area (Å²) in [6.07, 6.45) is 2.11. The van der Waals surface area contributed by atoms with Crippen LogP contribution in [0.1, 0.15) is 57.3 Å². The van der Waals surface area contributed by atoms with Crippen LogP contribution in [0.5, 0.6) is 0 Å². The Balaban J connectivity index is 2.00. The van der Waals surface area contributed by atoms with E-state index in [2.05, 4.69) is 10.6 Å². The maximum absolute atomic E-state index is 12.8. The molecule has 0 bridgehead atoms. The number of rotatable bonds is 12. The number of nitrogens with zero attached hydrogens (tertiary/aromatic N) is 2. The quantitative estimate of drug-likeness (QED) is 0.441. The highest BCUT2D eigenvalue weighted by molar-refractivity contribution is 7.89. The third-order valence-corrected chi connectivity index (χ3v) is 7.80. The molecule has 2 rings (SSSR count). The first-order valence-electron chi connectivity index (χ1n) is 11.6. The highest BCUT2D eigenvalue weighted by Crippen LogP contribution is 2.17. The number of nitrogens with one attached hydrogen (secondary N) is 2. The standard InChI is InChI=1S/C23H36N4O5S/c1-5-27(6-2)33(31,32)19-11-7-10-18(16-19)22(29)25-21(17(3)4)23(30)24-13-9-15-26-14-8-12-20(26)28/h7,10-11,16-17,21H,5-6,8-9,12-15H2,1-4H3,(H,24,30)(H,25,29). The van der Waals surface area contributed by atoms with Crippen molar-refractivity contribution in [2.45, 2.75) is 57.9 Å². The van der Waals surface area contributed by atoms with Crippen molar-refractivity contribution in [1.82, 2.24) is 19.8 Å². The van der Waals surface area contributed by atoms with Crippen LogP contribution < -0.4 is 10.6 Å². The number of hydrogen-bond acceptors (Lipinski definition) is 5. The Labute approximate surface area is 196 Å². The molecular weight excluding hydrogens is 444 g/mol. The molecule has 10 heteroatoms. The van der Waals surface area contributed by atoms with Crippen molar-refractivity contribution in [2.75, 3.05) is 32.7 Å². The zero-order chi connectivity index (χ0) is 24.6. The molecule has 0 aromatic heterocycles. The molecule has 1 aliphatic heterocycles. The minimum Gasteiger partial charge on any atom is -0.354 e. The second-order valence-corrected chi connectivity index (χ2v) is 10.4. The average Bonchev–Trinajstić information content (AvgIpc) is 3.19. The summed E-state index contributed by atoms with van der Waals surface area (Å²) in [6.45, 7) is 9.60. The SMILES string of the molecule is CCN(CC)S(=O)(=O)c1cccc(C(=O)NC(C(=O)NCCCN2CCCC2=O)C(C)C)c1. The van der Waals surface area contributed by atoms with Crippen LogP contribution in [0.3, 0.4) is 0 Å². The second kappa shape index (κ2) is 12.1. The Morgan fingerprint density at radius 2 is 1.88 bits per heavy atom. The zero-order valence-corrected chi connectivity index (χ0v) is 20.8. The lowest BCUT2D eigenvalue weighted by molar-refractivity contribution is -0.127. The predicted octanol–water partition coefficient (Wildman–Crippen LogP) is 1.60. The number of hydrogen-bond donors (Lipinski definition) is 2. The average molecular weight is 481 g/mol. The number of carbonyl (C=O) groups is 3. The van der Waals surface area contributed by atoms with Crippen molar-refractivity contribution in [3.63, 3.8) is 0 Å². The van der Waals surface area contributed by atoms with E-state index in [0.717, 1.165) is 13.0 Å². The van der Waals surface area contributed by atoms with E-state index >= 15 is 0 Å². The van der Waals surface area contributed by atoms with E-state index in [0.29, 0.717) is 39.0 Å². The fourth-order valence-electron chi connectivity index (χ4n) is 3.80. The molecule has 0 spiro atoms. The molecule has 33 heavy (non-hydrogen) atoms. The van der Waals surface area contributed by atoms with Crippen LogP contribution in [0.4, 0.5) is 0 Å². The van der Waals surface area contributed by atoms with Gasteiger partial charge in [-0.05, 0) is 37.0 Å². The highest BCUT2D eigenvalue weighted by Gasteiger charge is 2.27. The van der Waals surface area contributed by atoms with Gasteiger partial charge < -0.3 is 15.5 Å². The number of amides is 3. The fourth-order valence-corrected chi connectivity index (χ4v) is 5.31. The molecule has 0 saturated carbocycles. The maximum atomic E-state index is 12.8. The van der Waals surface area contributed by atoms with Crippen molar-refractivity contribution < 1.29 is 22.8 Å². The third kappa shape index (κ3) is 7.01. The summed E-state index contributed by atoms with van der Waals surface area (Å²) in [6, 6.07) is 5.08. The smallest absolute Gasteiger partial charge is 0.251 e. The molecule has 0 radical (unpaired) electrons. The molecule has 1 aromatic carbocycles. The predicted molar refractivity (Wildman–Crippen MR) is 126 cm³/mol. The first-order chi connectivity index (χ1) is 15.6. The van der Waals surface area contributed by atoms with Gasteiger partial charge in [-0.3, -0.25) is 14.4 Å². The van der Waals surface area contributed by atoms with Gasteiger partial charge in [-0.25, -0.2) is 8.42 Å². The van der Waals surface area contributed by atoms with E-state index in [1.165, 1.54) is 28.6 Å². The first kappa shape index (κ1) is 26.8. The number of likely N-dealkylation sites (tertiary alicyclic amines) is 1. The molecule has 2 N–H and O–H groups in total. The van der Waals surface area contributed by atoms with E-state index in [-0.39, 0.29) is 28.2 Å². The molecule has 184 valence electrons. The van der Waals surface area contributed by atoms with Crippen molar-refractivity contribution in [1.29, 1.82) is 0 Å². The van der Waals surface area contributed by atoms with Gasteiger partial charge in [0.2, 0.25) is 21.8 Å². The van der Waals surface area contributed by atoms with Crippen LogP contribution >= 0.6 is 0 Å². The third-order valence-electron chi connectivity index (χ3n) is 5.75. The number of sulfonamides is 1. The molecule has 1 heterocycles. The fraction of sp³-hybridized carbons (Fsp3) is 0.609. The van der Waals surface area contributed by atoms with Gasteiger partial charge >= 0.3 is 0 Å². The van der Waals surface area contributed by atoms with Crippen LogP contribution in [0.15, 0.2) is 29.2 Å². The zero-order valence-electron chi connectivity index (χ0n) is 20.0. The lowest BCUT2D eigenvalue weighted by Crippen LogP contribution is -2.50. The Morgan fingerprint density at radius 1 is 1.18 bits per heavy atom. The summed E-state index contributed by atoms with van der Waals surface area (Å²) in [4.78, 5) is 39.1. The van der Waals surface area contributed by atoms with Gasteiger partial charge in [0.15, 0.2) is 0 Å². The molecule has 9 nitrogen and oxygen atoms in total. The van der Waals surface area contributed by atoms with Crippen LogP contribution in [0.25, 0.3) is 0 Å². The normalized spacial score (nSPS) is 15.2. The number of benzene rings is 1. The molecule has 1 aliphatic rings. The largest absolute Gasteiger partial charge is 0.354 e. The summed E-state index contributed by atoms with van der Waals surface area (Å²) in [7, 11) is -3.70. The Hall–Kier alpha value is -2.46. The number of carbonyl (C=O) groups excluding carboxylic acids is 3. The molecule has 1 unspecified atom stereocenters. The van der Waals surface area contributed by atoms with Gasteiger partial charge in [0.1, 0.15) is 6.04 Å². The van der Waals surface area contributed by atoms with E-state index < -0.39 is 22.0 Å². The summed E-state index contributed by atoms with van der Waals surface area (Å²) >= 11 is 0. The second-order valence-electron chi connectivity index (χ2n) is 8.44. The van der Waals surface area contributed by atoms with Crippen LogP contribution in [0.2, 0.25) is 0 Å². The van der Waals surface area contributed by atoms with Gasteiger partial charge in [-0.15, -0.1) is 0 Å². The lowest BCUT2D eigenvalue weighted by Gasteiger charge is -2.23.